The van der Waals surface area contributed by atoms with Crippen LogP contribution in [0.4, 0.5) is 4.79 Å². The molecule has 114 valence electrons. The van der Waals surface area contributed by atoms with Crippen molar-refractivity contribution in [3.63, 3.8) is 0 Å². The summed E-state index contributed by atoms with van der Waals surface area (Å²) in [7, 11) is 0. The van der Waals surface area contributed by atoms with Gasteiger partial charge in [-0.3, -0.25) is 0 Å². The number of hydrogen-bond acceptors (Lipinski definition) is 3. The number of para-hydroxylation sites is 1. The van der Waals surface area contributed by atoms with Gasteiger partial charge in [0.2, 0.25) is 0 Å². The minimum Gasteiger partial charge on any atom is -0.458 e. The number of amides is 2. The summed E-state index contributed by atoms with van der Waals surface area (Å²) in [6.07, 6.45) is 0. The lowest BCUT2D eigenvalue weighted by molar-refractivity contribution is 0.0381. The number of furan rings is 1. The van der Waals surface area contributed by atoms with Crippen LogP contribution in [0.5, 0.6) is 0 Å². The summed E-state index contributed by atoms with van der Waals surface area (Å²) < 4.78 is 5.64. The van der Waals surface area contributed by atoms with Gasteiger partial charge in [-0.2, -0.15) is 0 Å². The Bertz CT molecular complexity index is 605. The third-order valence-electron chi connectivity index (χ3n) is 3.04. The molecule has 0 saturated carbocycles. The molecule has 1 aromatic carbocycles. The predicted octanol–water partition coefficient (Wildman–Crippen LogP) is 2.74. The van der Waals surface area contributed by atoms with Gasteiger partial charge in [-0.25, -0.2) is 4.79 Å². The lowest BCUT2D eigenvalue weighted by atomic mass is 10.0. The second kappa shape index (κ2) is 5.41. The van der Waals surface area contributed by atoms with Crippen molar-refractivity contribution < 1.29 is 14.3 Å². The first-order valence-electron chi connectivity index (χ1n) is 6.95. The van der Waals surface area contributed by atoms with Gasteiger partial charge >= 0.3 is 6.03 Å². The average molecular weight is 290 g/mol. The molecule has 1 aromatic heterocycles. The molecule has 1 atom stereocenters. The highest BCUT2D eigenvalue weighted by Crippen LogP contribution is 2.27. The van der Waals surface area contributed by atoms with Gasteiger partial charge in [0, 0.05) is 10.9 Å². The topological polar surface area (TPSA) is 74.5 Å². The van der Waals surface area contributed by atoms with Crippen LogP contribution in [0.25, 0.3) is 11.0 Å². The van der Waals surface area contributed by atoms with Crippen molar-refractivity contribution in [3.05, 3.63) is 36.1 Å². The van der Waals surface area contributed by atoms with E-state index in [0.29, 0.717) is 11.3 Å². The molecule has 5 heteroatoms. The molecule has 2 rings (SSSR count). The molecule has 0 fully saturated rings. The Balaban J connectivity index is 2.06. The number of rotatable bonds is 3. The Labute approximate surface area is 124 Å². The smallest absolute Gasteiger partial charge is 0.315 e. The van der Waals surface area contributed by atoms with Crippen LogP contribution in [-0.4, -0.2) is 23.2 Å². The molecule has 0 saturated heterocycles. The monoisotopic (exact) mass is 290 g/mol. The first-order chi connectivity index (χ1) is 9.67. The van der Waals surface area contributed by atoms with Crippen molar-refractivity contribution in [2.24, 2.45) is 0 Å². The van der Waals surface area contributed by atoms with E-state index in [9.17, 15) is 9.90 Å². The Morgan fingerprint density at radius 3 is 2.52 bits per heavy atom. The summed E-state index contributed by atoms with van der Waals surface area (Å²) >= 11 is 0. The molecule has 2 amide bonds. The van der Waals surface area contributed by atoms with Gasteiger partial charge in [-0.15, -0.1) is 0 Å². The van der Waals surface area contributed by atoms with Crippen LogP contribution in [0.2, 0.25) is 0 Å². The van der Waals surface area contributed by atoms with Crippen LogP contribution in [-0.2, 0) is 5.60 Å². The van der Waals surface area contributed by atoms with Crippen molar-refractivity contribution in [2.45, 2.75) is 38.8 Å². The Morgan fingerprint density at radius 1 is 1.24 bits per heavy atom. The molecule has 0 aliphatic heterocycles. The first-order valence-corrected chi connectivity index (χ1v) is 6.95. The second-order valence-electron chi connectivity index (χ2n) is 6.48. The fourth-order valence-corrected chi connectivity index (χ4v) is 1.97. The van der Waals surface area contributed by atoms with Crippen molar-refractivity contribution >= 4 is 17.0 Å². The summed E-state index contributed by atoms with van der Waals surface area (Å²) in [5.74, 6) is 0.430. The standard InChI is InChI=1S/C16H22N2O3/c1-15(2,3)18-14(19)17-10-16(4,20)13-9-11-7-5-6-8-12(11)21-13/h5-9,20H,10H2,1-4H3,(H2,17,18,19). The quantitative estimate of drug-likeness (QED) is 0.813. The van der Waals surface area contributed by atoms with Crippen LogP contribution in [0.15, 0.2) is 34.7 Å². The molecule has 1 heterocycles. The number of carbonyl (C=O) groups is 1. The maximum absolute atomic E-state index is 11.7. The van der Waals surface area contributed by atoms with Crippen molar-refractivity contribution in [3.8, 4) is 0 Å². The van der Waals surface area contributed by atoms with Crippen LogP contribution in [0.3, 0.4) is 0 Å². The lowest BCUT2D eigenvalue weighted by Gasteiger charge is -2.24. The van der Waals surface area contributed by atoms with E-state index in [2.05, 4.69) is 10.6 Å². The van der Waals surface area contributed by atoms with Crippen LogP contribution in [0, 0.1) is 0 Å². The van der Waals surface area contributed by atoms with Gasteiger partial charge in [-0.1, -0.05) is 18.2 Å². The zero-order chi connectivity index (χ0) is 15.7. The summed E-state index contributed by atoms with van der Waals surface area (Å²) in [6, 6.07) is 9.01. The molecular formula is C16H22N2O3. The third kappa shape index (κ3) is 3.98. The predicted molar refractivity (Wildman–Crippen MR) is 82.1 cm³/mol. The molecule has 5 nitrogen and oxygen atoms in total. The van der Waals surface area contributed by atoms with Gasteiger partial charge < -0.3 is 20.2 Å². The Hall–Kier alpha value is -2.01. The fraction of sp³-hybridized carbons (Fsp3) is 0.438. The number of nitrogens with one attached hydrogen (secondary N) is 2. The maximum Gasteiger partial charge on any atom is 0.315 e. The first kappa shape index (κ1) is 15.4. The molecule has 2 aromatic rings. The summed E-state index contributed by atoms with van der Waals surface area (Å²) in [5.41, 5.74) is -0.879. The second-order valence-corrected chi connectivity index (χ2v) is 6.48. The van der Waals surface area contributed by atoms with E-state index < -0.39 is 5.60 Å². The number of urea groups is 1. The molecule has 21 heavy (non-hydrogen) atoms. The van der Waals surface area contributed by atoms with Crippen LogP contribution >= 0.6 is 0 Å². The zero-order valence-electron chi connectivity index (χ0n) is 12.9. The van der Waals surface area contributed by atoms with E-state index in [4.69, 9.17) is 4.42 Å². The molecule has 0 spiro atoms. The van der Waals surface area contributed by atoms with Gasteiger partial charge in [0.15, 0.2) is 0 Å². The number of fused-ring (bicyclic) bond motifs is 1. The average Bonchev–Trinajstić information content (AvgIpc) is 2.79. The minimum atomic E-state index is -1.27. The SMILES string of the molecule is CC(C)(C)NC(=O)NCC(C)(O)c1cc2ccccc2o1. The van der Waals surface area contributed by atoms with Crippen molar-refractivity contribution in [2.75, 3.05) is 6.54 Å². The highest BCUT2D eigenvalue weighted by atomic mass is 16.4. The summed E-state index contributed by atoms with van der Waals surface area (Å²) in [5, 5.41) is 16.9. The minimum absolute atomic E-state index is 0.0642. The number of hydrogen-bond donors (Lipinski definition) is 3. The highest BCUT2D eigenvalue weighted by Gasteiger charge is 2.28. The lowest BCUT2D eigenvalue weighted by Crippen LogP contribution is -2.49. The number of aliphatic hydroxyl groups is 1. The normalized spacial score (nSPS) is 14.7. The van der Waals surface area contributed by atoms with E-state index in [1.54, 1.807) is 13.0 Å². The van der Waals surface area contributed by atoms with E-state index in [1.165, 1.54) is 0 Å². The molecule has 0 aliphatic carbocycles. The maximum atomic E-state index is 11.7. The number of carbonyl (C=O) groups excluding carboxylic acids is 1. The molecule has 0 radical (unpaired) electrons. The highest BCUT2D eigenvalue weighted by molar-refractivity contribution is 5.78. The van der Waals surface area contributed by atoms with E-state index in [0.717, 1.165) is 5.39 Å². The van der Waals surface area contributed by atoms with Crippen molar-refractivity contribution in [1.82, 2.24) is 10.6 Å². The molecular weight excluding hydrogens is 268 g/mol. The summed E-state index contributed by atoms with van der Waals surface area (Å²) in [4.78, 5) is 11.7. The van der Waals surface area contributed by atoms with Gasteiger partial charge in [0.25, 0.3) is 0 Å². The van der Waals surface area contributed by atoms with E-state index >= 15 is 0 Å². The van der Waals surface area contributed by atoms with Crippen LogP contribution < -0.4 is 10.6 Å². The van der Waals surface area contributed by atoms with Gasteiger partial charge in [0.1, 0.15) is 16.9 Å². The third-order valence-corrected chi connectivity index (χ3v) is 3.04. The molecule has 0 bridgehead atoms. The van der Waals surface area contributed by atoms with Gasteiger partial charge in [-0.05, 0) is 39.8 Å². The van der Waals surface area contributed by atoms with E-state index in [-0.39, 0.29) is 18.1 Å². The largest absolute Gasteiger partial charge is 0.458 e. The number of benzene rings is 1. The molecule has 1 unspecified atom stereocenters. The zero-order valence-corrected chi connectivity index (χ0v) is 12.9. The van der Waals surface area contributed by atoms with Crippen LogP contribution in [0.1, 0.15) is 33.5 Å². The Morgan fingerprint density at radius 2 is 1.90 bits per heavy atom. The fourth-order valence-electron chi connectivity index (χ4n) is 1.97. The van der Waals surface area contributed by atoms with Gasteiger partial charge in [0.05, 0.1) is 6.54 Å². The van der Waals surface area contributed by atoms with E-state index in [1.807, 2.05) is 45.0 Å². The molecule has 3 N–H and O–H groups in total. The summed E-state index contributed by atoms with van der Waals surface area (Å²) in [6.45, 7) is 7.36. The van der Waals surface area contributed by atoms with Crippen molar-refractivity contribution in [1.29, 1.82) is 0 Å². The Kier molecular flexibility index (Phi) is 3.96. The molecule has 0 aliphatic rings.